The van der Waals surface area contributed by atoms with Crippen LogP contribution in [0.1, 0.15) is 38.3 Å². The van der Waals surface area contributed by atoms with Crippen LogP contribution in [0.2, 0.25) is 0 Å². The van der Waals surface area contributed by atoms with Crippen LogP contribution in [0.5, 0.6) is 0 Å². The highest BCUT2D eigenvalue weighted by Gasteiger charge is 2.26. The zero-order valence-electron chi connectivity index (χ0n) is 20.1. The molecule has 180 valence electrons. The molecule has 6 nitrogen and oxygen atoms in total. The van der Waals surface area contributed by atoms with Crippen molar-refractivity contribution in [3.05, 3.63) is 90.1 Å². The second-order valence-corrected chi connectivity index (χ2v) is 9.62. The number of ether oxygens (including phenoxy) is 1. The fraction of sp³-hybridized carbons (Fsp3) is 0.357. The Morgan fingerprint density at radius 2 is 1.62 bits per heavy atom. The Morgan fingerprint density at radius 1 is 0.971 bits per heavy atom. The van der Waals surface area contributed by atoms with Gasteiger partial charge in [0, 0.05) is 17.8 Å². The van der Waals surface area contributed by atoms with Gasteiger partial charge in [0.1, 0.15) is 5.60 Å². The number of rotatable bonds is 9. The van der Waals surface area contributed by atoms with E-state index in [0.717, 1.165) is 22.4 Å². The number of hydrogen-bond donors (Lipinski definition) is 3. The van der Waals surface area contributed by atoms with Gasteiger partial charge >= 0.3 is 6.09 Å². The number of carbonyl (C=O) groups is 1. The molecule has 0 fully saturated rings. The number of benzene rings is 2. The van der Waals surface area contributed by atoms with Crippen LogP contribution in [-0.2, 0) is 17.6 Å². The van der Waals surface area contributed by atoms with Gasteiger partial charge in [0.25, 0.3) is 0 Å². The van der Waals surface area contributed by atoms with Gasteiger partial charge in [-0.15, -0.1) is 0 Å². The lowest BCUT2D eigenvalue weighted by atomic mass is 9.94. The molecule has 0 aliphatic rings. The number of carbonyl (C=O) groups excluding carboxylic acids is 1. The lowest BCUT2D eigenvalue weighted by Gasteiger charge is -2.28. The molecule has 0 saturated heterocycles. The predicted molar refractivity (Wildman–Crippen MR) is 135 cm³/mol. The third-order valence-corrected chi connectivity index (χ3v) is 5.42. The molecule has 0 saturated carbocycles. The summed E-state index contributed by atoms with van der Waals surface area (Å²) in [6, 6.07) is 22.9. The second-order valence-electron chi connectivity index (χ2n) is 9.62. The summed E-state index contributed by atoms with van der Waals surface area (Å²) < 4.78 is 5.41. The molecule has 6 heteroatoms. The van der Waals surface area contributed by atoms with Crippen LogP contribution in [0.4, 0.5) is 4.79 Å². The van der Waals surface area contributed by atoms with E-state index in [9.17, 15) is 9.90 Å². The molecule has 0 spiro atoms. The van der Waals surface area contributed by atoms with Crippen molar-refractivity contribution in [2.75, 3.05) is 0 Å². The summed E-state index contributed by atoms with van der Waals surface area (Å²) in [6.07, 6.45) is 1.84. The van der Waals surface area contributed by atoms with E-state index in [1.54, 1.807) is 6.20 Å². The fourth-order valence-electron chi connectivity index (χ4n) is 3.82. The number of aromatic nitrogens is 1. The number of nitrogens with two attached hydrogens (primary N) is 1. The molecule has 0 aliphatic carbocycles. The van der Waals surface area contributed by atoms with Crippen molar-refractivity contribution in [2.45, 2.75) is 63.8 Å². The van der Waals surface area contributed by atoms with Gasteiger partial charge in [0.15, 0.2) is 0 Å². The van der Waals surface area contributed by atoms with Gasteiger partial charge in [-0.05, 0) is 63.3 Å². The largest absolute Gasteiger partial charge is 0.444 e. The van der Waals surface area contributed by atoms with Gasteiger partial charge in [-0.2, -0.15) is 0 Å². The van der Waals surface area contributed by atoms with E-state index in [1.807, 2.05) is 93.6 Å². The summed E-state index contributed by atoms with van der Waals surface area (Å²) in [4.78, 5) is 16.8. The first kappa shape index (κ1) is 25.4. The average molecular weight is 462 g/mol. The van der Waals surface area contributed by atoms with Crippen LogP contribution in [0.15, 0.2) is 79.0 Å². The highest BCUT2D eigenvalue weighted by atomic mass is 16.6. The van der Waals surface area contributed by atoms with Crippen molar-refractivity contribution in [2.24, 2.45) is 5.73 Å². The Kier molecular flexibility index (Phi) is 8.79. The molecule has 34 heavy (non-hydrogen) atoms. The monoisotopic (exact) mass is 461 g/mol. The zero-order valence-corrected chi connectivity index (χ0v) is 20.1. The van der Waals surface area contributed by atoms with E-state index in [-0.39, 0.29) is 6.04 Å². The van der Waals surface area contributed by atoms with E-state index >= 15 is 0 Å². The first-order chi connectivity index (χ1) is 16.2. The van der Waals surface area contributed by atoms with Crippen LogP contribution in [0, 0.1) is 0 Å². The zero-order chi connectivity index (χ0) is 24.6. The van der Waals surface area contributed by atoms with E-state index in [2.05, 4.69) is 10.3 Å². The molecule has 0 bridgehead atoms. The average Bonchev–Trinajstić information content (AvgIpc) is 2.79. The van der Waals surface area contributed by atoms with Crippen molar-refractivity contribution < 1.29 is 14.6 Å². The summed E-state index contributed by atoms with van der Waals surface area (Å²) >= 11 is 0. The highest BCUT2D eigenvalue weighted by molar-refractivity contribution is 5.68. The summed E-state index contributed by atoms with van der Waals surface area (Å²) in [7, 11) is 0. The van der Waals surface area contributed by atoms with Crippen molar-refractivity contribution in [1.82, 2.24) is 10.3 Å². The quantitative estimate of drug-likeness (QED) is 0.436. The minimum Gasteiger partial charge on any atom is -0.444 e. The van der Waals surface area contributed by atoms with Crippen LogP contribution in [0.25, 0.3) is 11.3 Å². The molecule has 1 aromatic heterocycles. The van der Waals surface area contributed by atoms with Crippen LogP contribution < -0.4 is 11.1 Å². The van der Waals surface area contributed by atoms with Gasteiger partial charge in [-0.1, -0.05) is 60.7 Å². The van der Waals surface area contributed by atoms with Gasteiger partial charge in [-0.25, -0.2) is 4.79 Å². The van der Waals surface area contributed by atoms with Gasteiger partial charge in [-0.3, -0.25) is 4.98 Å². The maximum Gasteiger partial charge on any atom is 0.407 e. The molecule has 2 aromatic carbocycles. The molecular formula is C28H35N3O3. The number of aliphatic hydroxyl groups excluding tert-OH is 1. The minimum atomic E-state index is -0.824. The normalized spacial score (nSPS) is 14.1. The lowest BCUT2D eigenvalue weighted by molar-refractivity contribution is 0.0405. The summed E-state index contributed by atoms with van der Waals surface area (Å²) in [5.41, 5.74) is 9.85. The second kappa shape index (κ2) is 11.8. The first-order valence-electron chi connectivity index (χ1n) is 11.7. The number of hydrogen-bond acceptors (Lipinski definition) is 5. The Hall–Kier alpha value is -3.22. The maximum atomic E-state index is 12.4. The van der Waals surface area contributed by atoms with E-state index in [1.165, 1.54) is 0 Å². The Bertz CT molecular complexity index is 1020. The van der Waals surface area contributed by atoms with Crippen LogP contribution >= 0.6 is 0 Å². The third-order valence-electron chi connectivity index (χ3n) is 5.42. The molecule has 3 aromatic rings. The van der Waals surface area contributed by atoms with E-state index in [4.69, 9.17) is 10.5 Å². The van der Waals surface area contributed by atoms with Crippen molar-refractivity contribution >= 4 is 6.09 Å². The van der Waals surface area contributed by atoms with Gasteiger partial charge in [0.2, 0.25) is 0 Å². The Morgan fingerprint density at radius 3 is 2.24 bits per heavy atom. The number of pyridine rings is 1. The number of aliphatic hydroxyl groups is 1. The van der Waals surface area contributed by atoms with Crippen LogP contribution in [-0.4, -0.2) is 40.0 Å². The standard InChI is InChI=1S/C28H35N3O3/c1-28(2,3)34-27(33)31-25(18-20-9-5-4-6-10-20)26(32)19-23(29)17-21-12-14-22(15-13-21)24-11-7-8-16-30-24/h4-16,23,25-26,32H,17-19,29H2,1-3H3,(H,31,33)/t23?,25-,26+/m0/s1. The molecule has 4 N–H and O–H groups in total. The Balaban J connectivity index is 1.62. The summed E-state index contributed by atoms with van der Waals surface area (Å²) in [5, 5.41) is 13.8. The highest BCUT2D eigenvalue weighted by Crippen LogP contribution is 2.19. The number of nitrogens with one attached hydrogen (secondary N) is 1. The molecule has 1 amide bonds. The SMILES string of the molecule is CC(C)(C)OC(=O)N[C@@H](Cc1ccccc1)[C@H](O)CC(N)Cc1ccc(-c2ccccn2)cc1. The number of alkyl carbamates (subject to hydrolysis) is 1. The number of nitrogens with zero attached hydrogens (tertiary/aromatic N) is 1. The van der Waals surface area contributed by atoms with E-state index in [0.29, 0.717) is 19.3 Å². The molecule has 1 unspecified atom stereocenters. The van der Waals surface area contributed by atoms with Gasteiger partial charge < -0.3 is 20.9 Å². The molecule has 0 aliphatic heterocycles. The van der Waals surface area contributed by atoms with E-state index < -0.39 is 23.8 Å². The molecule has 1 heterocycles. The molecule has 3 rings (SSSR count). The maximum absolute atomic E-state index is 12.4. The summed E-state index contributed by atoms with van der Waals surface area (Å²) in [6.45, 7) is 5.43. The molecule has 3 atom stereocenters. The summed E-state index contributed by atoms with van der Waals surface area (Å²) in [5.74, 6) is 0. The predicted octanol–water partition coefficient (Wildman–Crippen LogP) is 4.51. The van der Waals surface area contributed by atoms with Crippen molar-refractivity contribution in [1.29, 1.82) is 0 Å². The molecule has 0 radical (unpaired) electrons. The number of amides is 1. The van der Waals surface area contributed by atoms with Crippen molar-refractivity contribution in [3.8, 4) is 11.3 Å². The Labute approximate surface area is 202 Å². The molecular weight excluding hydrogens is 426 g/mol. The first-order valence-corrected chi connectivity index (χ1v) is 11.7. The van der Waals surface area contributed by atoms with Crippen molar-refractivity contribution in [3.63, 3.8) is 0 Å². The fourth-order valence-corrected chi connectivity index (χ4v) is 3.82. The minimum absolute atomic E-state index is 0.269. The smallest absolute Gasteiger partial charge is 0.407 e. The lowest BCUT2D eigenvalue weighted by Crippen LogP contribution is -2.48. The third kappa shape index (κ3) is 8.28. The topological polar surface area (TPSA) is 97.5 Å². The van der Waals surface area contributed by atoms with Crippen LogP contribution in [0.3, 0.4) is 0 Å². The van der Waals surface area contributed by atoms with Gasteiger partial charge in [0.05, 0.1) is 17.8 Å².